The lowest BCUT2D eigenvalue weighted by atomic mass is 10.2. The molecule has 1 heterocycles. The molecular weight excluding hydrogens is 268 g/mol. The fraction of sp³-hybridized carbons (Fsp3) is 0.385. The minimum Gasteiger partial charge on any atom is -0.478 e. The summed E-state index contributed by atoms with van der Waals surface area (Å²) in [5, 5.41) is 9.32. The number of aromatic carboxylic acids is 1. The summed E-state index contributed by atoms with van der Waals surface area (Å²) in [7, 11) is 0. The second-order valence-corrected chi connectivity index (χ2v) is 4.87. The van der Waals surface area contributed by atoms with Gasteiger partial charge in [-0.1, -0.05) is 11.6 Å². The Morgan fingerprint density at radius 1 is 1.21 bits per heavy atom. The van der Waals surface area contributed by atoms with Crippen LogP contribution in [0, 0.1) is 0 Å². The first-order valence-electron chi connectivity index (χ1n) is 6.02. The summed E-state index contributed by atoms with van der Waals surface area (Å²) < 4.78 is 0. The maximum atomic E-state index is 11.2. The van der Waals surface area contributed by atoms with Gasteiger partial charge in [-0.2, -0.15) is 0 Å². The van der Waals surface area contributed by atoms with Gasteiger partial charge < -0.3 is 14.9 Å². The number of hydrogen-bond acceptors (Lipinski definition) is 3. The lowest BCUT2D eigenvalue weighted by Gasteiger charge is -2.36. The summed E-state index contributed by atoms with van der Waals surface area (Å²) in [5.74, 6) is -0.915. The summed E-state index contributed by atoms with van der Waals surface area (Å²) in [5.41, 5.74) is 0.992. The van der Waals surface area contributed by atoms with Gasteiger partial charge in [-0.15, -0.1) is 0 Å². The minimum absolute atomic E-state index is 0.0759. The van der Waals surface area contributed by atoms with Gasteiger partial charge in [0.2, 0.25) is 5.91 Å². The Kier molecular flexibility index (Phi) is 3.95. The van der Waals surface area contributed by atoms with Crippen LogP contribution in [-0.2, 0) is 4.79 Å². The van der Waals surface area contributed by atoms with Crippen molar-refractivity contribution >= 4 is 29.2 Å². The molecule has 1 saturated heterocycles. The smallest absolute Gasteiger partial charge is 0.335 e. The molecule has 0 saturated carbocycles. The first kappa shape index (κ1) is 13.7. The van der Waals surface area contributed by atoms with Crippen LogP contribution in [0.3, 0.4) is 0 Å². The Morgan fingerprint density at radius 2 is 1.84 bits per heavy atom. The molecule has 1 aliphatic heterocycles. The third-order valence-corrected chi connectivity index (χ3v) is 3.56. The molecule has 0 atom stereocenters. The van der Waals surface area contributed by atoms with Gasteiger partial charge in [-0.05, 0) is 18.2 Å². The topological polar surface area (TPSA) is 60.9 Å². The van der Waals surface area contributed by atoms with Gasteiger partial charge in [0.05, 0.1) is 16.3 Å². The number of nitrogens with zero attached hydrogens (tertiary/aromatic N) is 2. The summed E-state index contributed by atoms with van der Waals surface area (Å²) in [6.07, 6.45) is 0. The van der Waals surface area contributed by atoms with Crippen LogP contribution in [0.4, 0.5) is 5.69 Å². The summed E-state index contributed by atoms with van der Waals surface area (Å²) in [6, 6.07) is 4.71. The van der Waals surface area contributed by atoms with Crippen LogP contribution < -0.4 is 4.90 Å². The van der Waals surface area contributed by atoms with Crippen LogP contribution in [-0.4, -0.2) is 48.1 Å². The van der Waals surface area contributed by atoms with E-state index in [0.717, 1.165) is 5.69 Å². The highest BCUT2D eigenvalue weighted by atomic mass is 35.5. The van der Waals surface area contributed by atoms with E-state index < -0.39 is 5.97 Å². The monoisotopic (exact) mass is 282 g/mol. The maximum Gasteiger partial charge on any atom is 0.335 e. The largest absolute Gasteiger partial charge is 0.478 e. The molecule has 1 aromatic rings. The van der Waals surface area contributed by atoms with Crippen LogP contribution >= 0.6 is 11.6 Å². The molecule has 19 heavy (non-hydrogen) atoms. The Morgan fingerprint density at radius 3 is 2.32 bits per heavy atom. The second-order valence-electron chi connectivity index (χ2n) is 4.46. The predicted molar refractivity (Wildman–Crippen MR) is 72.9 cm³/mol. The zero-order valence-electron chi connectivity index (χ0n) is 10.6. The van der Waals surface area contributed by atoms with Crippen molar-refractivity contribution in [2.75, 3.05) is 31.1 Å². The Labute approximate surface area is 116 Å². The zero-order chi connectivity index (χ0) is 14.0. The molecule has 0 spiro atoms. The molecule has 102 valence electrons. The average Bonchev–Trinajstić information content (AvgIpc) is 2.38. The van der Waals surface area contributed by atoms with Gasteiger partial charge in [-0.3, -0.25) is 4.79 Å². The predicted octanol–water partition coefficient (Wildman–Crippen LogP) is 1.71. The third-order valence-electron chi connectivity index (χ3n) is 3.26. The molecule has 1 N–H and O–H groups in total. The van der Waals surface area contributed by atoms with Crippen molar-refractivity contribution in [2.45, 2.75) is 6.92 Å². The van der Waals surface area contributed by atoms with E-state index in [9.17, 15) is 9.59 Å². The SMILES string of the molecule is CC(=O)N1CCN(c2ccc(C(=O)O)cc2Cl)CC1. The minimum atomic E-state index is -0.991. The van der Waals surface area contributed by atoms with E-state index in [1.54, 1.807) is 24.0 Å². The number of rotatable bonds is 2. The number of carboxylic acid groups (broad SMARTS) is 1. The molecular formula is C13H15ClN2O3. The van der Waals surface area contributed by atoms with Gasteiger partial charge in [0, 0.05) is 33.1 Å². The number of halogens is 1. The van der Waals surface area contributed by atoms with E-state index in [2.05, 4.69) is 4.90 Å². The van der Waals surface area contributed by atoms with Crippen LogP contribution in [0.25, 0.3) is 0 Å². The van der Waals surface area contributed by atoms with Crippen molar-refractivity contribution in [1.29, 1.82) is 0 Å². The number of carbonyl (C=O) groups excluding carboxylic acids is 1. The summed E-state index contributed by atoms with van der Waals surface area (Å²) in [4.78, 5) is 25.9. The highest BCUT2D eigenvalue weighted by Crippen LogP contribution is 2.27. The standard InChI is InChI=1S/C13H15ClN2O3/c1-9(17)15-4-6-16(7-5-15)12-3-2-10(13(18)19)8-11(12)14/h2-3,8H,4-7H2,1H3,(H,18,19). The first-order valence-corrected chi connectivity index (χ1v) is 6.40. The molecule has 1 aromatic carbocycles. The Balaban J connectivity index is 2.11. The van der Waals surface area contributed by atoms with Crippen LogP contribution in [0.5, 0.6) is 0 Å². The van der Waals surface area contributed by atoms with E-state index in [1.807, 2.05) is 0 Å². The molecule has 0 aliphatic carbocycles. The number of piperazine rings is 1. The van der Waals surface area contributed by atoms with Gasteiger partial charge >= 0.3 is 5.97 Å². The van der Waals surface area contributed by atoms with Gasteiger partial charge in [-0.25, -0.2) is 4.79 Å². The lowest BCUT2D eigenvalue weighted by molar-refractivity contribution is -0.129. The summed E-state index contributed by atoms with van der Waals surface area (Å²) in [6.45, 7) is 4.28. The molecule has 1 aliphatic rings. The first-order chi connectivity index (χ1) is 8.99. The van der Waals surface area contributed by atoms with E-state index in [0.29, 0.717) is 31.2 Å². The van der Waals surface area contributed by atoms with E-state index in [4.69, 9.17) is 16.7 Å². The molecule has 1 fully saturated rings. The highest BCUT2D eigenvalue weighted by Gasteiger charge is 2.20. The number of hydrogen-bond donors (Lipinski definition) is 1. The molecule has 0 unspecified atom stereocenters. The van der Waals surface area contributed by atoms with E-state index in [1.165, 1.54) is 6.07 Å². The van der Waals surface area contributed by atoms with E-state index >= 15 is 0 Å². The lowest BCUT2D eigenvalue weighted by Crippen LogP contribution is -2.48. The maximum absolute atomic E-state index is 11.2. The van der Waals surface area contributed by atoms with Crippen molar-refractivity contribution in [2.24, 2.45) is 0 Å². The number of carboxylic acids is 1. The van der Waals surface area contributed by atoms with Gasteiger partial charge in [0.1, 0.15) is 0 Å². The van der Waals surface area contributed by atoms with Crippen LogP contribution in [0.1, 0.15) is 17.3 Å². The van der Waals surface area contributed by atoms with Crippen molar-refractivity contribution in [3.63, 3.8) is 0 Å². The van der Waals surface area contributed by atoms with Crippen molar-refractivity contribution < 1.29 is 14.7 Å². The number of benzene rings is 1. The van der Waals surface area contributed by atoms with Crippen molar-refractivity contribution in [1.82, 2.24) is 4.90 Å². The second kappa shape index (κ2) is 5.48. The fourth-order valence-corrected chi connectivity index (χ4v) is 2.46. The highest BCUT2D eigenvalue weighted by molar-refractivity contribution is 6.33. The van der Waals surface area contributed by atoms with Crippen LogP contribution in [0.15, 0.2) is 18.2 Å². The normalized spacial score (nSPS) is 15.5. The van der Waals surface area contributed by atoms with Gasteiger partial charge in [0.25, 0.3) is 0 Å². The van der Waals surface area contributed by atoms with Crippen LogP contribution in [0.2, 0.25) is 5.02 Å². The molecule has 0 bridgehead atoms. The fourth-order valence-electron chi connectivity index (χ4n) is 2.16. The Bertz CT molecular complexity index is 511. The molecule has 0 aromatic heterocycles. The zero-order valence-corrected chi connectivity index (χ0v) is 11.4. The van der Waals surface area contributed by atoms with E-state index in [-0.39, 0.29) is 11.5 Å². The summed E-state index contributed by atoms with van der Waals surface area (Å²) >= 11 is 6.12. The quantitative estimate of drug-likeness (QED) is 0.897. The Hall–Kier alpha value is -1.75. The third kappa shape index (κ3) is 2.98. The van der Waals surface area contributed by atoms with Crippen molar-refractivity contribution in [3.8, 4) is 0 Å². The molecule has 1 amide bonds. The number of carbonyl (C=O) groups is 2. The molecule has 5 nitrogen and oxygen atoms in total. The van der Waals surface area contributed by atoms with Crippen molar-refractivity contribution in [3.05, 3.63) is 28.8 Å². The number of amides is 1. The molecule has 0 radical (unpaired) electrons. The number of anilines is 1. The average molecular weight is 283 g/mol. The van der Waals surface area contributed by atoms with Gasteiger partial charge in [0.15, 0.2) is 0 Å². The molecule has 2 rings (SSSR count). The molecule has 6 heteroatoms.